The van der Waals surface area contributed by atoms with Gasteiger partial charge in [-0.3, -0.25) is 9.59 Å². The van der Waals surface area contributed by atoms with Gasteiger partial charge in [-0.15, -0.1) is 11.3 Å². The van der Waals surface area contributed by atoms with Crippen LogP contribution in [0.2, 0.25) is 0 Å². The van der Waals surface area contributed by atoms with Crippen LogP contribution in [0.3, 0.4) is 0 Å². The molecule has 0 bridgehead atoms. The Morgan fingerprint density at radius 3 is 2.84 bits per heavy atom. The summed E-state index contributed by atoms with van der Waals surface area (Å²) >= 11 is 1.26. The Hall–Kier alpha value is -1.84. The van der Waals surface area contributed by atoms with Gasteiger partial charge in [-0.25, -0.2) is 0 Å². The number of esters is 1. The molecule has 0 radical (unpaired) electrons. The highest BCUT2D eigenvalue weighted by Crippen LogP contribution is 2.17. The van der Waals surface area contributed by atoms with Crippen LogP contribution in [0, 0.1) is 11.8 Å². The van der Waals surface area contributed by atoms with Gasteiger partial charge in [-0.2, -0.15) is 0 Å². The molecule has 1 rings (SSSR count). The van der Waals surface area contributed by atoms with Crippen molar-refractivity contribution in [3.8, 4) is 11.8 Å². The van der Waals surface area contributed by atoms with E-state index in [-0.39, 0.29) is 24.9 Å². The second-order valence-electron chi connectivity index (χ2n) is 3.68. The van der Waals surface area contributed by atoms with E-state index in [4.69, 9.17) is 5.11 Å². The SMILES string of the molecule is COC(=O)CCN(C)C(=O)c1ccc(C#CCO)s1. The average Bonchev–Trinajstić information content (AvgIpc) is 2.89. The number of methoxy groups -OCH3 is 1. The topological polar surface area (TPSA) is 66.8 Å². The number of carbonyl (C=O) groups is 2. The highest BCUT2D eigenvalue weighted by molar-refractivity contribution is 7.14. The van der Waals surface area contributed by atoms with Gasteiger partial charge in [-0.1, -0.05) is 11.8 Å². The molecular formula is C13H15NO4S. The molecule has 5 nitrogen and oxygen atoms in total. The second-order valence-corrected chi connectivity index (χ2v) is 4.76. The van der Waals surface area contributed by atoms with Crippen LogP contribution in [0.1, 0.15) is 21.0 Å². The van der Waals surface area contributed by atoms with Gasteiger partial charge < -0.3 is 14.7 Å². The van der Waals surface area contributed by atoms with Crippen LogP contribution in [-0.2, 0) is 9.53 Å². The van der Waals surface area contributed by atoms with Crippen molar-refractivity contribution in [2.75, 3.05) is 27.3 Å². The summed E-state index contributed by atoms with van der Waals surface area (Å²) in [6, 6.07) is 3.41. The number of carbonyl (C=O) groups excluding carboxylic acids is 2. The Morgan fingerprint density at radius 2 is 2.21 bits per heavy atom. The maximum atomic E-state index is 12.0. The standard InChI is InChI=1S/C13H15NO4S/c1-14(8-7-12(16)18-2)13(17)11-6-5-10(19-11)4-3-9-15/h5-6,15H,7-9H2,1-2H3. The molecule has 1 N–H and O–H groups in total. The summed E-state index contributed by atoms with van der Waals surface area (Å²) in [5, 5.41) is 8.59. The zero-order valence-corrected chi connectivity index (χ0v) is 11.6. The van der Waals surface area contributed by atoms with Crippen molar-refractivity contribution in [1.82, 2.24) is 4.90 Å². The van der Waals surface area contributed by atoms with Gasteiger partial charge in [0, 0.05) is 13.6 Å². The first kappa shape index (κ1) is 15.2. The smallest absolute Gasteiger partial charge is 0.307 e. The van der Waals surface area contributed by atoms with Crippen LogP contribution in [-0.4, -0.2) is 49.2 Å². The number of aliphatic hydroxyl groups is 1. The van der Waals surface area contributed by atoms with E-state index >= 15 is 0 Å². The molecule has 0 aliphatic carbocycles. The number of thiophene rings is 1. The summed E-state index contributed by atoms with van der Waals surface area (Å²) < 4.78 is 4.52. The molecule has 0 unspecified atom stereocenters. The predicted octanol–water partition coefficient (Wildman–Crippen LogP) is 0.727. The van der Waals surface area contributed by atoms with E-state index < -0.39 is 0 Å². The molecular weight excluding hydrogens is 266 g/mol. The van der Waals surface area contributed by atoms with E-state index in [1.54, 1.807) is 19.2 Å². The summed E-state index contributed by atoms with van der Waals surface area (Å²) in [7, 11) is 2.94. The summed E-state index contributed by atoms with van der Waals surface area (Å²) in [6.45, 7) is 0.0985. The summed E-state index contributed by atoms with van der Waals surface area (Å²) in [5.41, 5.74) is 0. The third-order valence-electron chi connectivity index (χ3n) is 2.33. The van der Waals surface area contributed by atoms with Crippen LogP contribution in [0.4, 0.5) is 0 Å². The van der Waals surface area contributed by atoms with Crippen LogP contribution in [0.25, 0.3) is 0 Å². The minimum absolute atomic E-state index is 0.161. The predicted molar refractivity (Wildman–Crippen MR) is 71.9 cm³/mol. The molecule has 19 heavy (non-hydrogen) atoms. The first-order chi connectivity index (χ1) is 9.08. The molecule has 1 aromatic rings. The Labute approximate surface area is 115 Å². The first-order valence-electron chi connectivity index (χ1n) is 5.60. The van der Waals surface area contributed by atoms with E-state index in [1.807, 2.05) is 0 Å². The highest BCUT2D eigenvalue weighted by atomic mass is 32.1. The van der Waals surface area contributed by atoms with Crippen LogP contribution in [0.5, 0.6) is 0 Å². The van der Waals surface area contributed by atoms with E-state index in [0.717, 1.165) is 4.88 Å². The van der Waals surface area contributed by atoms with E-state index in [9.17, 15) is 9.59 Å². The van der Waals surface area contributed by atoms with Crippen LogP contribution < -0.4 is 0 Å². The number of ether oxygens (including phenoxy) is 1. The largest absolute Gasteiger partial charge is 0.469 e. The van der Waals surface area contributed by atoms with Crippen molar-refractivity contribution in [1.29, 1.82) is 0 Å². The van der Waals surface area contributed by atoms with Gasteiger partial charge in [0.1, 0.15) is 6.61 Å². The number of amides is 1. The molecule has 1 amide bonds. The molecule has 1 heterocycles. The van der Waals surface area contributed by atoms with Crippen molar-refractivity contribution < 1.29 is 19.4 Å². The number of hydrogen-bond acceptors (Lipinski definition) is 5. The van der Waals surface area contributed by atoms with Crippen molar-refractivity contribution in [2.45, 2.75) is 6.42 Å². The average molecular weight is 281 g/mol. The van der Waals surface area contributed by atoms with E-state index in [1.165, 1.54) is 23.3 Å². The molecule has 102 valence electrons. The molecule has 0 aliphatic rings. The van der Waals surface area contributed by atoms with Crippen LogP contribution in [0.15, 0.2) is 12.1 Å². The van der Waals surface area contributed by atoms with Crippen molar-refractivity contribution in [2.24, 2.45) is 0 Å². The quantitative estimate of drug-likeness (QED) is 0.652. The molecule has 0 saturated heterocycles. The number of rotatable bonds is 4. The third-order valence-corrected chi connectivity index (χ3v) is 3.32. The Balaban J connectivity index is 2.61. The molecule has 1 aromatic heterocycles. The minimum Gasteiger partial charge on any atom is -0.469 e. The maximum absolute atomic E-state index is 12.0. The molecule has 0 atom stereocenters. The monoisotopic (exact) mass is 281 g/mol. The fourth-order valence-electron chi connectivity index (χ4n) is 1.30. The lowest BCUT2D eigenvalue weighted by atomic mass is 10.3. The van der Waals surface area contributed by atoms with Crippen molar-refractivity contribution in [3.05, 3.63) is 21.9 Å². The Kier molecular flexibility index (Phi) is 6.06. The lowest BCUT2D eigenvalue weighted by Crippen LogP contribution is -2.28. The van der Waals surface area contributed by atoms with Crippen molar-refractivity contribution in [3.63, 3.8) is 0 Å². The summed E-state index contributed by atoms with van der Waals surface area (Å²) in [6.07, 6.45) is 0.168. The van der Waals surface area contributed by atoms with Gasteiger partial charge in [0.2, 0.25) is 0 Å². The van der Waals surface area contributed by atoms with Gasteiger partial charge in [-0.05, 0) is 12.1 Å². The number of hydrogen-bond donors (Lipinski definition) is 1. The molecule has 6 heteroatoms. The first-order valence-corrected chi connectivity index (χ1v) is 6.42. The second kappa shape index (κ2) is 7.56. The van der Waals surface area contributed by atoms with E-state index in [0.29, 0.717) is 11.4 Å². The third kappa shape index (κ3) is 4.73. The fourth-order valence-corrected chi connectivity index (χ4v) is 2.17. The zero-order chi connectivity index (χ0) is 14.3. The molecule has 0 aromatic carbocycles. The van der Waals surface area contributed by atoms with Gasteiger partial charge >= 0.3 is 5.97 Å². The lowest BCUT2D eigenvalue weighted by Gasteiger charge is -2.15. The molecule has 0 saturated carbocycles. The minimum atomic E-state index is -0.347. The molecule has 0 aliphatic heterocycles. The van der Waals surface area contributed by atoms with Gasteiger partial charge in [0.05, 0.1) is 23.3 Å². The van der Waals surface area contributed by atoms with Gasteiger partial charge in [0.25, 0.3) is 5.91 Å². The molecule has 0 spiro atoms. The number of aliphatic hydroxyl groups excluding tert-OH is 1. The fraction of sp³-hybridized carbons (Fsp3) is 0.385. The maximum Gasteiger partial charge on any atom is 0.307 e. The van der Waals surface area contributed by atoms with E-state index in [2.05, 4.69) is 16.6 Å². The summed E-state index contributed by atoms with van der Waals surface area (Å²) in [4.78, 5) is 25.8. The lowest BCUT2D eigenvalue weighted by molar-refractivity contribution is -0.140. The summed E-state index contributed by atoms with van der Waals surface area (Å²) in [5.74, 6) is 4.76. The normalized spacial score (nSPS) is 9.42. The Bertz CT molecular complexity index is 512. The van der Waals surface area contributed by atoms with Gasteiger partial charge in [0.15, 0.2) is 0 Å². The Morgan fingerprint density at radius 1 is 1.47 bits per heavy atom. The highest BCUT2D eigenvalue weighted by Gasteiger charge is 2.15. The van der Waals surface area contributed by atoms with Crippen LogP contribution >= 0.6 is 11.3 Å². The number of nitrogens with zero attached hydrogens (tertiary/aromatic N) is 1. The molecule has 0 fully saturated rings. The zero-order valence-electron chi connectivity index (χ0n) is 10.8. The van der Waals surface area contributed by atoms with Crippen molar-refractivity contribution >= 4 is 23.2 Å².